The van der Waals surface area contributed by atoms with E-state index in [0.717, 1.165) is 42.2 Å². The summed E-state index contributed by atoms with van der Waals surface area (Å²) in [6.45, 7) is 4.51. The molecule has 4 heterocycles. The quantitative estimate of drug-likeness (QED) is 0.726. The number of carbonyl (C=O) groups excluding carboxylic acids is 1. The van der Waals surface area contributed by atoms with Crippen molar-refractivity contribution in [1.29, 1.82) is 0 Å². The molecule has 0 spiro atoms. The number of nitrogens with one attached hydrogen (secondary N) is 2. The number of imidazole rings is 1. The third-order valence-electron chi connectivity index (χ3n) is 4.84. The third kappa shape index (κ3) is 2.84. The maximum atomic E-state index is 12.5. The molecule has 4 rings (SSSR count). The lowest BCUT2D eigenvalue weighted by Gasteiger charge is -2.25. The molecule has 0 aromatic carbocycles. The first-order valence-corrected chi connectivity index (χ1v) is 8.38. The molecule has 8 heteroatoms. The van der Waals surface area contributed by atoms with Crippen molar-refractivity contribution in [3.05, 3.63) is 51.6 Å². The summed E-state index contributed by atoms with van der Waals surface area (Å²) in [5.41, 5.74) is 2.82. The van der Waals surface area contributed by atoms with Crippen LogP contribution >= 0.6 is 0 Å². The number of H-pyrrole nitrogens is 1. The number of fused-ring (bicyclic) bond motifs is 2. The normalized spacial score (nSPS) is 16.8. The number of hydrogen-bond donors (Lipinski definition) is 2. The molecule has 1 amide bonds. The molecule has 3 aromatic heterocycles. The Morgan fingerprint density at radius 3 is 3.12 bits per heavy atom. The minimum absolute atomic E-state index is 0.0320. The van der Waals surface area contributed by atoms with E-state index in [0.29, 0.717) is 5.65 Å². The molecule has 2 N–H and O–H groups in total. The molecule has 0 saturated heterocycles. The molecule has 0 radical (unpaired) electrons. The van der Waals surface area contributed by atoms with Gasteiger partial charge in [-0.15, -0.1) is 0 Å². The van der Waals surface area contributed by atoms with Crippen LogP contribution < -0.4 is 10.9 Å². The number of rotatable bonds is 3. The molecule has 0 saturated carbocycles. The number of amides is 1. The highest BCUT2D eigenvalue weighted by Crippen LogP contribution is 2.16. The smallest absolute Gasteiger partial charge is 0.266 e. The summed E-state index contributed by atoms with van der Waals surface area (Å²) in [4.78, 5) is 32.8. The van der Waals surface area contributed by atoms with Crippen LogP contribution in [-0.2, 0) is 24.2 Å². The fourth-order valence-corrected chi connectivity index (χ4v) is 3.53. The van der Waals surface area contributed by atoms with Gasteiger partial charge in [0.2, 0.25) is 5.91 Å². The molecular formula is C17H20N6O2. The highest BCUT2D eigenvalue weighted by atomic mass is 16.1. The summed E-state index contributed by atoms with van der Waals surface area (Å²) in [6, 6.07) is 1.56. The largest absolute Gasteiger partial charge is 0.351 e. The Balaban J connectivity index is 1.51. The number of hydrogen-bond acceptors (Lipinski definition) is 4. The van der Waals surface area contributed by atoms with Gasteiger partial charge in [0, 0.05) is 54.4 Å². The van der Waals surface area contributed by atoms with Gasteiger partial charge in [-0.3, -0.25) is 14.7 Å². The second-order valence-electron chi connectivity index (χ2n) is 6.55. The van der Waals surface area contributed by atoms with Crippen LogP contribution in [0.3, 0.4) is 0 Å². The van der Waals surface area contributed by atoms with Gasteiger partial charge in [0.1, 0.15) is 5.82 Å². The number of aryl methyl sites for hydroxylation is 3. The van der Waals surface area contributed by atoms with E-state index in [1.807, 2.05) is 20.0 Å². The van der Waals surface area contributed by atoms with E-state index < -0.39 is 0 Å². The third-order valence-corrected chi connectivity index (χ3v) is 4.84. The van der Waals surface area contributed by atoms with Crippen molar-refractivity contribution in [3.8, 4) is 0 Å². The summed E-state index contributed by atoms with van der Waals surface area (Å²) in [5, 5.41) is 5.82. The van der Waals surface area contributed by atoms with Crippen molar-refractivity contribution >= 4 is 11.6 Å². The minimum Gasteiger partial charge on any atom is -0.351 e. The summed E-state index contributed by atoms with van der Waals surface area (Å²) >= 11 is 0. The summed E-state index contributed by atoms with van der Waals surface area (Å²) in [7, 11) is 0. The van der Waals surface area contributed by atoms with E-state index in [2.05, 4.69) is 25.0 Å². The van der Waals surface area contributed by atoms with Crippen LogP contribution in [0.1, 0.15) is 29.2 Å². The predicted octanol–water partition coefficient (Wildman–Crippen LogP) is 0.510. The zero-order valence-electron chi connectivity index (χ0n) is 14.2. The molecule has 0 fully saturated rings. The molecule has 130 valence electrons. The van der Waals surface area contributed by atoms with Crippen LogP contribution in [0, 0.1) is 13.8 Å². The second-order valence-corrected chi connectivity index (χ2v) is 6.55. The average Bonchev–Trinajstić information content (AvgIpc) is 3.17. The zero-order chi connectivity index (χ0) is 17.6. The van der Waals surface area contributed by atoms with E-state index in [1.165, 1.54) is 6.07 Å². The van der Waals surface area contributed by atoms with Gasteiger partial charge >= 0.3 is 0 Å². The average molecular weight is 340 g/mol. The van der Waals surface area contributed by atoms with E-state index in [1.54, 1.807) is 10.7 Å². The maximum Gasteiger partial charge on any atom is 0.266 e. The lowest BCUT2D eigenvalue weighted by Crippen LogP contribution is -2.41. The van der Waals surface area contributed by atoms with E-state index >= 15 is 0 Å². The van der Waals surface area contributed by atoms with Crippen molar-refractivity contribution in [2.45, 2.75) is 45.7 Å². The van der Waals surface area contributed by atoms with E-state index in [-0.39, 0.29) is 23.9 Å². The minimum atomic E-state index is -0.199. The predicted molar refractivity (Wildman–Crippen MR) is 91.5 cm³/mol. The molecule has 0 bridgehead atoms. The van der Waals surface area contributed by atoms with Gasteiger partial charge < -0.3 is 9.88 Å². The number of carbonyl (C=O) groups is 1. The van der Waals surface area contributed by atoms with Gasteiger partial charge in [0.15, 0.2) is 5.65 Å². The van der Waals surface area contributed by atoms with Crippen LogP contribution in [0.15, 0.2) is 23.3 Å². The first-order chi connectivity index (χ1) is 12.0. The van der Waals surface area contributed by atoms with Gasteiger partial charge in [-0.05, 0) is 20.3 Å². The van der Waals surface area contributed by atoms with E-state index in [4.69, 9.17) is 0 Å². The highest BCUT2D eigenvalue weighted by Gasteiger charge is 2.21. The fourth-order valence-electron chi connectivity index (χ4n) is 3.53. The second kappa shape index (κ2) is 5.87. The van der Waals surface area contributed by atoms with Crippen molar-refractivity contribution in [2.24, 2.45) is 0 Å². The van der Waals surface area contributed by atoms with Crippen LogP contribution in [-0.4, -0.2) is 36.1 Å². The van der Waals surface area contributed by atoms with E-state index in [9.17, 15) is 9.59 Å². The van der Waals surface area contributed by atoms with Gasteiger partial charge in [0.05, 0.1) is 6.42 Å². The van der Waals surface area contributed by atoms with Gasteiger partial charge in [-0.1, -0.05) is 0 Å². The zero-order valence-corrected chi connectivity index (χ0v) is 14.2. The summed E-state index contributed by atoms with van der Waals surface area (Å²) < 4.78 is 3.72. The Hall–Kier alpha value is -2.90. The summed E-state index contributed by atoms with van der Waals surface area (Å²) in [5.74, 6) is 1.04. The first-order valence-electron chi connectivity index (χ1n) is 8.38. The van der Waals surface area contributed by atoms with Crippen molar-refractivity contribution in [3.63, 3.8) is 0 Å². The van der Waals surface area contributed by atoms with Gasteiger partial charge in [-0.25, -0.2) is 14.5 Å². The van der Waals surface area contributed by atoms with Crippen LogP contribution in [0.2, 0.25) is 0 Å². The highest BCUT2D eigenvalue weighted by molar-refractivity contribution is 5.79. The Kier molecular flexibility index (Phi) is 3.67. The van der Waals surface area contributed by atoms with Crippen LogP contribution in [0.25, 0.3) is 5.65 Å². The number of aromatic amines is 1. The number of nitrogens with zero attached hydrogens (tertiary/aromatic N) is 4. The lowest BCUT2D eigenvalue weighted by atomic mass is 10.1. The van der Waals surface area contributed by atoms with Crippen molar-refractivity contribution in [2.75, 3.05) is 0 Å². The summed E-state index contributed by atoms with van der Waals surface area (Å²) in [6.07, 6.45) is 5.75. The molecule has 1 aliphatic heterocycles. The Morgan fingerprint density at radius 1 is 1.44 bits per heavy atom. The molecule has 8 nitrogen and oxygen atoms in total. The molecule has 1 atom stereocenters. The van der Waals surface area contributed by atoms with Gasteiger partial charge in [-0.2, -0.15) is 0 Å². The molecule has 25 heavy (non-hydrogen) atoms. The van der Waals surface area contributed by atoms with Crippen LogP contribution in [0.5, 0.6) is 0 Å². The Morgan fingerprint density at radius 2 is 2.28 bits per heavy atom. The van der Waals surface area contributed by atoms with Crippen molar-refractivity contribution < 1.29 is 4.79 Å². The lowest BCUT2D eigenvalue weighted by molar-refractivity contribution is -0.121. The monoisotopic (exact) mass is 340 g/mol. The van der Waals surface area contributed by atoms with Crippen LogP contribution in [0.4, 0.5) is 0 Å². The molecule has 1 aliphatic rings. The Bertz CT molecular complexity index is 1010. The first kappa shape index (κ1) is 15.6. The standard InChI is InChI=1S/C17H20N6O2/c1-10-13(11(2)23-15(19-10)8-17(25)21-23)7-16(24)20-12-3-4-14-18-5-6-22(14)9-12/h5-6,8,12H,3-4,7,9H2,1-2H3,(H,20,24)(H,21,25). The van der Waals surface area contributed by atoms with Crippen molar-refractivity contribution in [1.82, 2.24) is 29.5 Å². The number of aromatic nitrogens is 5. The molecular weight excluding hydrogens is 320 g/mol. The maximum absolute atomic E-state index is 12.5. The SMILES string of the molecule is Cc1nc2cc(=O)[nH]n2c(C)c1CC(=O)NC1CCc2nccn2C1. The van der Waals surface area contributed by atoms with Gasteiger partial charge in [0.25, 0.3) is 5.56 Å². The Labute approximate surface area is 143 Å². The fraction of sp³-hybridized carbons (Fsp3) is 0.412. The molecule has 0 aliphatic carbocycles. The topological polar surface area (TPSA) is 97.1 Å². The molecule has 1 unspecified atom stereocenters. The molecule has 3 aromatic rings.